The Morgan fingerprint density at radius 3 is 2.76 bits per heavy atom. The van der Waals surface area contributed by atoms with Crippen LogP contribution in [0.3, 0.4) is 0 Å². The summed E-state index contributed by atoms with van der Waals surface area (Å²) >= 11 is 1.69. The maximum absolute atomic E-state index is 12.8. The van der Waals surface area contributed by atoms with Crippen molar-refractivity contribution in [1.82, 2.24) is 4.90 Å². The van der Waals surface area contributed by atoms with Gasteiger partial charge in [0.15, 0.2) is 0 Å². The molecule has 0 unspecified atom stereocenters. The van der Waals surface area contributed by atoms with Gasteiger partial charge in [-0.15, -0.1) is 11.3 Å². The second kappa shape index (κ2) is 8.02. The second-order valence-corrected chi connectivity index (χ2v) is 7.69. The van der Waals surface area contributed by atoms with Gasteiger partial charge in [-0.1, -0.05) is 19.1 Å². The minimum Gasteiger partial charge on any atom is -0.497 e. The highest BCUT2D eigenvalue weighted by Gasteiger charge is 2.26. The van der Waals surface area contributed by atoms with Gasteiger partial charge in [-0.3, -0.25) is 4.79 Å². The third-order valence-electron chi connectivity index (χ3n) is 5.03. The molecule has 5 heteroatoms. The van der Waals surface area contributed by atoms with Gasteiger partial charge in [0.25, 0.3) is 5.91 Å². The molecular weight excluding hydrogens is 332 g/mol. The smallest absolute Gasteiger partial charge is 0.255 e. The van der Waals surface area contributed by atoms with Crippen molar-refractivity contribution in [1.29, 1.82) is 0 Å². The Bertz CT molecular complexity index is 733. The number of ether oxygens (including phenoxy) is 1. The van der Waals surface area contributed by atoms with E-state index in [1.54, 1.807) is 18.4 Å². The molecule has 1 aromatic heterocycles. The molecule has 1 saturated heterocycles. The summed E-state index contributed by atoms with van der Waals surface area (Å²) < 4.78 is 5.30. The van der Waals surface area contributed by atoms with E-state index in [1.807, 2.05) is 22.4 Å². The molecule has 1 fully saturated rings. The SMILES string of the molecule is CCc1c(C(=O)N2CC[NH+](Cc3cccc(OC)c3)CC2)csc1C. The van der Waals surface area contributed by atoms with E-state index in [9.17, 15) is 4.79 Å². The molecule has 0 aliphatic carbocycles. The van der Waals surface area contributed by atoms with Gasteiger partial charge in [0.1, 0.15) is 12.3 Å². The van der Waals surface area contributed by atoms with Gasteiger partial charge in [-0.2, -0.15) is 0 Å². The first-order valence-corrected chi connectivity index (χ1v) is 9.83. The fourth-order valence-electron chi connectivity index (χ4n) is 3.54. The van der Waals surface area contributed by atoms with E-state index >= 15 is 0 Å². The second-order valence-electron chi connectivity index (χ2n) is 6.61. The molecule has 1 aliphatic heterocycles. The first-order valence-electron chi connectivity index (χ1n) is 8.95. The number of hydrogen-bond donors (Lipinski definition) is 1. The van der Waals surface area contributed by atoms with Crippen molar-refractivity contribution >= 4 is 17.2 Å². The van der Waals surface area contributed by atoms with Gasteiger partial charge in [0.2, 0.25) is 0 Å². The molecule has 1 N–H and O–H groups in total. The average Bonchev–Trinajstić information content (AvgIpc) is 3.02. The Labute approximate surface area is 154 Å². The number of carbonyl (C=O) groups excluding carboxylic acids is 1. The molecule has 0 radical (unpaired) electrons. The number of thiophene rings is 1. The number of amides is 1. The minimum absolute atomic E-state index is 0.210. The van der Waals surface area contributed by atoms with Crippen LogP contribution in [-0.4, -0.2) is 44.1 Å². The van der Waals surface area contributed by atoms with Gasteiger partial charge in [-0.05, 0) is 31.0 Å². The zero-order valence-electron chi connectivity index (χ0n) is 15.3. The van der Waals surface area contributed by atoms with Crippen LogP contribution >= 0.6 is 11.3 Å². The Kier molecular flexibility index (Phi) is 5.76. The fraction of sp³-hybridized carbons (Fsp3) is 0.450. The number of carbonyl (C=O) groups is 1. The van der Waals surface area contributed by atoms with Crippen molar-refractivity contribution in [3.63, 3.8) is 0 Å². The van der Waals surface area contributed by atoms with E-state index in [0.29, 0.717) is 0 Å². The lowest BCUT2D eigenvalue weighted by Crippen LogP contribution is -3.13. The number of rotatable bonds is 5. The highest BCUT2D eigenvalue weighted by molar-refractivity contribution is 7.10. The molecule has 4 nitrogen and oxygen atoms in total. The third-order valence-corrected chi connectivity index (χ3v) is 5.99. The van der Waals surface area contributed by atoms with Crippen molar-refractivity contribution in [3.8, 4) is 5.75 Å². The first kappa shape index (κ1) is 18.0. The number of methoxy groups -OCH3 is 1. The summed E-state index contributed by atoms with van der Waals surface area (Å²) in [7, 11) is 1.70. The lowest BCUT2D eigenvalue weighted by atomic mass is 10.1. The van der Waals surface area contributed by atoms with Crippen LogP contribution in [0.2, 0.25) is 0 Å². The summed E-state index contributed by atoms with van der Waals surface area (Å²) in [6.45, 7) is 8.86. The molecule has 0 spiro atoms. The van der Waals surface area contributed by atoms with Crippen LogP contribution in [0.5, 0.6) is 5.75 Å². The summed E-state index contributed by atoms with van der Waals surface area (Å²) in [5, 5.41) is 2.03. The van der Waals surface area contributed by atoms with E-state index in [-0.39, 0.29) is 5.91 Å². The predicted molar refractivity (Wildman–Crippen MR) is 102 cm³/mol. The monoisotopic (exact) mass is 359 g/mol. The molecular formula is C20H27N2O2S+. The number of hydrogen-bond acceptors (Lipinski definition) is 3. The number of aryl methyl sites for hydroxylation is 1. The standard InChI is InChI=1S/C20H26N2O2S/c1-4-18-15(2)25-14-19(18)20(23)22-10-8-21(9-11-22)13-16-6-5-7-17(12-16)24-3/h5-7,12,14H,4,8-11,13H2,1-3H3/p+1. The lowest BCUT2D eigenvalue weighted by Gasteiger charge is -2.32. The van der Waals surface area contributed by atoms with E-state index in [2.05, 4.69) is 26.0 Å². The van der Waals surface area contributed by atoms with Crippen LogP contribution in [0.15, 0.2) is 29.6 Å². The minimum atomic E-state index is 0.210. The number of nitrogens with zero attached hydrogens (tertiary/aromatic N) is 1. The summed E-state index contributed by atoms with van der Waals surface area (Å²) in [6.07, 6.45) is 0.928. The van der Waals surface area contributed by atoms with Gasteiger partial charge in [0, 0.05) is 15.8 Å². The Morgan fingerprint density at radius 1 is 1.32 bits per heavy atom. The molecule has 0 saturated carbocycles. The highest BCUT2D eigenvalue weighted by atomic mass is 32.1. The Morgan fingerprint density at radius 2 is 2.08 bits per heavy atom. The van der Waals surface area contributed by atoms with E-state index in [0.717, 1.165) is 50.5 Å². The zero-order chi connectivity index (χ0) is 17.8. The van der Waals surface area contributed by atoms with Crippen LogP contribution in [0.25, 0.3) is 0 Å². The maximum atomic E-state index is 12.8. The predicted octanol–water partition coefficient (Wildman–Crippen LogP) is 2.17. The molecule has 0 atom stereocenters. The van der Waals surface area contributed by atoms with Crippen LogP contribution in [0, 0.1) is 6.92 Å². The quantitative estimate of drug-likeness (QED) is 0.888. The fourth-order valence-corrected chi connectivity index (χ4v) is 4.48. The summed E-state index contributed by atoms with van der Waals surface area (Å²) in [4.78, 5) is 17.7. The summed E-state index contributed by atoms with van der Waals surface area (Å²) in [6, 6.07) is 8.27. The van der Waals surface area contributed by atoms with Crippen molar-refractivity contribution in [2.24, 2.45) is 0 Å². The average molecular weight is 360 g/mol. The zero-order valence-corrected chi connectivity index (χ0v) is 16.1. The largest absolute Gasteiger partial charge is 0.497 e. The first-order chi connectivity index (χ1) is 12.1. The number of benzene rings is 1. The normalized spacial score (nSPS) is 15.4. The van der Waals surface area contributed by atoms with Crippen LogP contribution in [-0.2, 0) is 13.0 Å². The Balaban J connectivity index is 1.58. The molecule has 1 aliphatic rings. The van der Waals surface area contributed by atoms with Crippen LogP contribution < -0.4 is 9.64 Å². The third kappa shape index (κ3) is 4.05. The molecule has 2 aromatic rings. The van der Waals surface area contributed by atoms with Crippen molar-refractivity contribution in [3.05, 3.63) is 51.2 Å². The molecule has 3 rings (SSSR count). The van der Waals surface area contributed by atoms with E-state index < -0.39 is 0 Å². The van der Waals surface area contributed by atoms with Crippen molar-refractivity contribution < 1.29 is 14.4 Å². The summed E-state index contributed by atoms with van der Waals surface area (Å²) in [5.74, 6) is 1.12. The van der Waals surface area contributed by atoms with Gasteiger partial charge in [0.05, 0.1) is 38.9 Å². The summed E-state index contributed by atoms with van der Waals surface area (Å²) in [5.41, 5.74) is 3.43. The Hall–Kier alpha value is -1.85. The van der Waals surface area contributed by atoms with Crippen molar-refractivity contribution in [2.75, 3.05) is 33.3 Å². The maximum Gasteiger partial charge on any atom is 0.255 e. The van der Waals surface area contributed by atoms with Gasteiger partial charge < -0.3 is 14.5 Å². The number of quaternary nitrogens is 1. The number of nitrogens with one attached hydrogen (secondary N) is 1. The van der Waals surface area contributed by atoms with Gasteiger partial charge in [-0.25, -0.2) is 0 Å². The van der Waals surface area contributed by atoms with E-state index in [1.165, 1.54) is 20.9 Å². The topological polar surface area (TPSA) is 34.0 Å². The van der Waals surface area contributed by atoms with Crippen LogP contribution in [0.4, 0.5) is 0 Å². The lowest BCUT2D eigenvalue weighted by molar-refractivity contribution is -0.917. The number of piperazine rings is 1. The molecule has 0 bridgehead atoms. The van der Waals surface area contributed by atoms with E-state index in [4.69, 9.17) is 4.74 Å². The van der Waals surface area contributed by atoms with Gasteiger partial charge >= 0.3 is 0 Å². The molecule has 134 valence electrons. The van der Waals surface area contributed by atoms with Crippen LogP contribution in [0.1, 0.15) is 33.3 Å². The molecule has 1 amide bonds. The highest BCUT2D eigenvalue weighted by Crippen LogP contribution is 2.23. The molecule has 2 heterocycles. The molecule has 25 heavy (non-hydrogen) atoms. The van der Waals surface area contributed by atoms with Crippen molar-refractivity contribution in [2.45, 2.75) is 26.8 Å². The molecule has 1 aromatic carbocycles.